The Labute approximate surface area is 235 Å². The van der Waals surface area contributed by atoms with Crippen molar-refractivity contribution in [1.82, 2.24) is 5.32 Å². The number of nitrogens with one attached hydrogen (secondary N) is 1. The Morgan fingerprint density at radius 3 is 2.29 bits per heavy atom. The number of carbonyl (C=O) groups excluding carboxylic acids is 2. The van der Waals surface area contributed by atoms with Gasteiger partial charge in [0.15, 0.2) is 23.6 Å². The molecule has 3 amide bonds. The zero-order valence-electron chi connectivity index (χ0n) is 22.4. The number of quaternary nitrogens is 1. The Kier molecular flexibility index (Phi) is 7.66. The molecular formula is C25H33N2O13S+. The first-order valence-corrected chi connectivity index (χ1v) is 14.3. The minimum absolute atomic E-state index is 0.141. The first-order valence-electron chi connectivity index (χ1n) is 12.9. The third-order valence-electron chi connectivity index (χ3n) is 7.73. The van der Waals surface area contributed by atoms with E-state index in [1.807, 2.05) is 0 Å². The predicted octanol–water partition coefficient (Wildman–Crippen LogP) is -1.67. The number of benzene rings is 1. The second-order valence-corrected chi connectivity index (χ2v) is 12.6. The van der Waals surface area contributed by atoms with E-state index in [-0.39, 0.29) is 4.90 Å². The molecule has 4 heterocycles. The van der Waals surface area contributed by atoms with Crippen molar-refractivity contribution < 1.29 is 66.0 Å². The fourth-order valence-electron chi connectivity index (χ4n) is 5.63. The standard InChI is InChI=1S/C25H32N2O13S/c1-13-4-6-14(7-5-13)41(34,35)36-12-25(11-29)20-19(38-24(2,3)39-20)22(40-25)27(9-8-16(30)26-23(27)33)21-18(32)17(31)15(10-28)37-21/h4-9,15,17-22,28-29,31-32H,10-12H2,1-3H3/p+1/t15-,17-,18-,19-,20+,21-,22-,25+,27?/m1/s1. The van der Waals surface area contributed by atoms with Gasteiger partial charge in [-0.05, 0) is 32.9 Å². The van der Waals surface area contributed by atoms with Crippen LogP contribution >= 0.6 is 0 Å². The third-order valence-corrected chi connectivity index (χ3v) is 9.01. The number of aliphatic hydroxyl groups is 4. The molecule has 0 bridgehead atoms. The van der Waals surface area contributed by atoms with Crippen LogP contribution in [0.3, 0.4) is 0 Å². The number of urea groups is 1. The Hall–Kier alpha value is -2.35. The number of fused-ring (bicyclic) bond motifs is 1. The second-order valence-electron chi connectivity index (χ2n) is 11.0. The molecule has 0 radical (unpaired) electrons. The van der Waals surface area contributed by atoms with Crippen molar-refractivity contribution >= 4 is 22.1 Å². The average Bonchev–Trinajstić information content (AvgIpc) is 3.51. The highest BCUT2D eigenvalue weighted by Crippen LogP contribution is 2.49. The van der Waals surface area contributed by atoms with E-state index in [0.717, 1.165) is 17.8 Å². The van der Waals surface area contributed by atoms with Gasteiger partial charge in [0.1, 0.15) is 31.1 Å². The summed E-state index contributed by atoms with van der Waals surface area (Å²) in [6, 6.07) is 4.86. The van der Waals surface area contributed by atoms with Crippen LogP contribution in [0, 0.1) is 6.92 Å². The summed E-state index contributed by atoms with van der Waals surface area (Å²) in [4.78, 5) is 25.6. The molecule has 1 unspecified atom stereocenters. The molecule has 226 valence electrons. The Morgan fingerprint density at radius 2 is 1.71 bits per heavy atom. The first kappa shape index (κ1) is 30.1. The van der Waals surface area contributed by atoms with Crippen molar-refractivity contribution in [3.05, 3.63) is 42.1 Å². The third kappa shape index (κ3) is 4.92. The van der Waals surface area contributed by atoms with E-state index in [1.54, 1.807) is 32.9 Å². The summed E-state index contributed by atoms with van der Waals surface area (Å²) in [6.45, 7) is 2.58. The zero-order valence-corrected chi connectivity index (χ0v) is 23.3. The minimum atomic E-state index is -4.34. The Morgan fingerprint density at radius 1 is 1.02 bits per heavy atom. The molecule has 5 N–H and O–H groups in total. The Bertz CT molecular complexity index is 1340. The molecule has 41 heavy (non-hydrogen) atoms. The van der Waals surface area contributed by atoms with Gasteiger partial charge in [-0.1, -0.05) is 17.7 Å². The van der Waals surface area contributed by atoms with Gasteiger partial charge in [0.05, 0.1) is 24.2 Å². The summed E-state index contributed by atoms with van der Waals surface area (Å²) >= 11 is 0. The van der Waals surface area contributed by atoms with Crippen LogP contribution in [-0.4, -0.2) is 119 Å². The van der Waals surface area contributed by atoms with Crippen molar-refractivity contribution in [2.24, 2.45) is 0 Å². The van der Waals surface area contributed by atoms with Crippen molar-refractivity contribution in [2.45, 2.75) is 80.0 Å². The van der Waals surface area contributed by atoms with Crippen molar-refractivity contribution in [2.75, 3.05) is 19.8 Å². The van der Waals surface area contributed by atoms with Gasteiger partial charge in [-0.15, -0.1) is 0 Å². The molecule has 9 atom stereocenters. The molecule has 4 aliphatic rings. The minimum Gasteiger partial charge on any atom is -0.394 e. The van der Waals surface area contributed by atoms with Crippen LogP contribution in [0.15, 0.2) is 41.4 Å². The van der Waals surface area contributed by atoms with E-state index in [1.165, 1.54) is 12.1 Å². The van der Waals surface area contributed by atoms with Gasteiger partial charge < -0.3 is 39.4 Å². The fourth-order valence-corrected chi connectivity index (χ4v) is 6.59. The monoisotopic (exact) mass is 601 g/mol. The lowest BCUT2D eigenvalue weighted by atomic mass is 9.96. The van der Waals surface area contributed by atoms with E-state index >= 15 is 0 Å². The second kappa shape index (κ2) is 10.4. The van der Waals surface area contributed by atoms with Gasteiger partial charge in [0.25, 0.3) is 16.0 Å². The van der Waals surface area contributed by atoms with Crippen LogP contribution in [0.5, 0.6) is 0 Å². The molecule has 3 fully saturated rings. The smallest absolute Gasteiger partial charge is 0.394 e. The van der Waals surface area contributed by atoms with E-state index in [4.69, 9.17) is 23.1 Å². The lowest BCUT2D eigenvalue weighted by Crippen LogP contribution is -2.71. The van der Waals surface area contributed by atoms with Crippen molar-refractivity contribution in [3.8, 4) is 0 Å². The Balaban J connectivity index is 1.56. The van der Waals surface area contributed by atoms with Crippen LogP contribution < -0.4 is 5.32 Å². The number of aliphatic hydroxyl groups excluding tert-OH is 4. The van der Waals surface area contributed by atoms with Gasteiger partial charge in [-0.25, -0.2) is 10.1 Å². The number of imide groups is 1. The van der Waals surface area contributed by atoms with Crippen LogP contribution in [0.25, 0.3) is 0 Å². The van der Waals surface area contributed by atoms with E-state index in [2.05, 4.69) is 5.32 Å². The fraction of sp³-hybridized carbons (Fsp3) is 0.600. The van der Waals surface area contributed by atoms with Crippen molar-refractivity contribution in [1.29, 1.82) is 0 Å². The molecule has 1 aromatic carbocycles. The highest BCUT2D eigenvalue weighted by atomic mass is 32.2. The highest BCUT2D eigenvalue weighted by Gasteiger charge is 2.73. The number of ether oxygens (including phenoxy) is 4. The van der Waals surface area contributed by atoms with Gasteiger partial charge in [0.2, 0.25) is 12.5 Å². The molecule has 1 aromatic rings. The molecule has 15 nitrogen and oxygen atoms in total. The van der Waals surface area contributed by atoms with Gasteiger partial charge in [0, 0.05) is 0 Å². The number of rotatable bonds is 8. The predicted molar refractivity (Wildman–Crippen MR) is 134 cm³/mol. The maximum absolute atomic E-state index is 13.6. The summed E-state index contributed by atoms with van der Waals surface area (Å²) in [5.41, 5.74) is -1.11. The van der Waals surface area contributed by atoms with Crippen LogP contribution in [0.4, 0.5) is 4.79 Å². The molecule has 3 saturated heterocycles. The maximum Gasteiger partial charge on any atom is 0.432 e. The summed E-state index contributed by atoms with van der Waals surface area (Å²) in [5, 5.41) is 43.8. The lowest BCUT2D eigenvalue weighted by Gasteiger charge is -2.44. The van der Waals surface area contributed by atoms with Crippen molar-refractivity contribution in [3.63, 3.8) is 0 Å². The summed E-state index contributed by atoms with van der Waals surface area (Å²) in [7, 11) is -4.34. The molecule has 0 aliphatic carbocycles. The lowest BCUT2D eigenvalue weighted by molar-refractivity contribution is -0.905. The largest absolute Gasteiger partial charge is 0.432 e. The maximum atomic E-state index is 13.6. The number of hydrogen-bond donors (Lipinski definition) is 5. The van der Waals surface area contributed by atoms with Gasteiger partial charge in [-0.3, -0.25) is 8.98 Å². The highest BCUT2D eigenvalue weighted by molar-refractivity contribution is 7.86. The van der Waals surface area contributed by atoms with Gasteiger partial charge >= 0.3 is 6.03 Å². The first-order chi connectivity index (χ1) is 19.2. The van der Waals surface area contributed by atoms with E-state index < -0.39 is 101 Å². The number of hydrogen-bond acceptors (Lipinski definition) is 13. The molecular weight excluding hydrogens is 568 g/mol. The number of carbonyl (C=O) groups is 2. The molecule has 0 aromatic heterocycles. The quantitative estimate of drug-likeness (QED) is 0.167. The number of aryl methyl sites for hydroxylation is 1. The summed E-state index contributed by atoms with van der Waals surface area (Å²) < 4.78 is 54.3. The summed E-state index contributed by atoms with van der Waals surface area (Å²) in [6.07, 6.45) is -8.16. The van der Waals surface area contributed by atoms with E-state index in [0.29, 0.717) is 0 Å². The number of nitrogens with zero attached hydrogens (tertiary/aromatic N) is 1. The molecule has 16 heteroatoms. The van der Waals surface area contributed by atoms with Crippen LogP contribution in [-0.2, 0) is 38.0 Å². The van der Waals surface area contributed by atoms with Crippen LogP contribution in [0.2, 0.25) is 0 Å². The molecule has 4 aliphatic heterocycles. The molecule has 5 rings (SSSR count). The van der Waals surface area contributed by atoms with Gasteiger partial charge in [-0.2, -0.15) is 12.9 Å². The normalized spacial score (nSPS) is 40.1. The molecule has 0 saturated carbocycles. The topological polar surface area (TPSA) is 207 Å². The zero-order chi connectivity index (χ0) is 30.0. The summed E-state index contributed by atoms with van der Waals surface area (Å²) in [5.74, 6) is -2.10. The average molecular weight is 602 g/mol. The van der Waals surface area contributed by atoms with Crippen LogP contribution in [0.1, 0.15) is 19.4 Å². The molecule has 0 spiro atoms. The number of amides is 3. The van der Waals surface area contributed by atoms with E-state index in [9.17, 15) is 38.4 Å². The SMILES string of the molecule is Cc1ccc(S(=O)(=O)OC[C@]2(CO)O[C@@H]([N+]3([C@@H]4O[C@H](CO)[C@@H](O)[C@H]4O)C=CC(=O)NC3=O)[C@@H]3OC(C)(C)O[C@@H]32)cc1.